The molecular weight excluding hydrogens is 703 g/mol. The normalized spacial score (nSPS) is 15.1. The first-order valence-electron chi connectivity index (χ1n) is 17.4. The van der Waals surface area contributed by atoms with E-state index in [1.165, 1.54) is 69.7 Å². The lowest BCUT2D eigenvalue weighted by Gasteiger charge is -2.16. The van der Waals surface area contributed by atoms with Crippen LogP contribution in [-0.4, -0.2) is 48.4 Å². The maximum Gasteiger partial charge on any atom is 0.292 e. The fraction of sp³-hybridized carbons (Fsp3) is 0.405. The summed E-state index contributed by atoms with van der Waals surface area (Å²) in [6.07, 6.45) is 17.6. The number of amides is 1. The van der Waals surface area contributed by atoms with Crippen molar-refractivity contribution in [2.24, 2.45) is 5.14 Å². The molecule has 0 fully saturated rings. The number of fused-ring (bicyclic) bond motifs is 4. The van der Waals surface area contributed by atoms with Crippen LogP contribution in [-0.2, 0) is 76.0 Å². The third-order valence-electron chi connectivity index (χ3n) is 9.70. The molecule has 2 aromatic carbocycles. The predicted octanol–water partition coefficient (Wildman–Crippen LogP) is 4.13. The molecule has 0 bridgehead atoms. The Bertz CT molecular complexity index is 2240. The monoisotopic (exact) mass is 743 g/mol. The average molecular weight is 744 g/mol. The first kappa shape index (κ1) is 37.0. The number of primary sulfonamides is 1. The van der Waals surface area contributed by atoms with Gasteiger partial charge in [0.25, 0.3) is 21.4 Å². The van der Waals surface area contributed by atoms with Crippen LogP contribution in [0.2, 0.25) is 0 Å². The molecule has 4 aliphatic carbocycles. The summed E-state index contributed by atoms with van der Waals surface area (Å²) in [4.78, 5) is 27.4. The zero-order valence-corrected chi connectivity index (χ0v) is 30.9. The summed E-state index contributed by atoms with van der Waals surface area (Å²) in [6, 6.07) is 7.83. The van der Waals surface area contributed by atoms with Crippen molar-refractivity contribution < 1.29 is 26.4 Å². The number of nitrogens with two attached hydrogens (primary N) is 1. The van der Waals surface area contributed by atoms with Crippen LogP contribution in [0, 0.1) is 25.4 Å². The minimum absolute atomic E-state index is 0.295. The number of sulfonamides is 1. The van der Waals surface area contributed by atoms with E-state index in [0.29, 0.717) is 11.4 Å². The van der Waals surface area contributed by atoms with Crippen molar-refractivity contribution in [3.63, 3.8) is 0 Å². The third kappa shape index (κ3) is 8.30. The lowest BCUT2D eigenvalue weighted by atomic mass is 9.98. The van der Waals surface area contributed by atoms with Crippen LogP contribution in [0.3, 0.4) is 0 Å². The highest BCUT2D eigenvalue weighted by atomic mass is 32.2. The summed E-state index contributed by atoms with van der Waals surface area (Å²) in [5.41, 5.74) is 12.4. The Morgan fingerprint density at radius 3 is 1.63 bits per heavy atom. The van der Waals surface area contributed by atoms with E-state index in [9.17, 15) is 21.6 Å². The van der Waals surface area contributed by atoms with Gasteiger partial charge in [0.15, 0.2) is 0 Å². The lowest BCUT2D eigenvalue weighted by Crippen LogP contribution is -2.25. The second-order valence-corrected chi connectivity index (χ2v) is 16.8. The summed E-state index contributed by atoms with van der Waals surface area (Å²) in [6.45, 7) is 3.35. The number of benzene rings is 2. The molecule has 4 aromatic rings. The summed E-state index contributed by atoms with van der Waals surface area (Å²) in [5, 5.41) is 15.8. The van der Waals surface area contributed by atoms with E-state index in [2.05, 4.69) is 37.4 Å². The van der Waals surface area contributed by atoms with Crippen molar-refractivity contribution >= 4 is 31.5 Å². The molecule has 52 heavy (non-hydrogen) atoms. The molecule has 0 radical (unpaired) electrons. The number of nitriles is 1. The van der Waals surface area contributed by atoms with Gasteiger partial charge in [-0.2, -0.15) is 0 Å². The highest BCUT2D eigenvalue weighted by molar-refractivity contribution is 7.92. The minimum Gasteiger partial charge on any atom is -0.387 e. The van der Waals surface area contributed by atoms with Gasteiger partial charge in [-0.1, -0.05) is 12.1 Å². The van der Waals surface area contributed by atoms with Gasteiger partial charge in [0, 0.05) is 29.5 Å². The molecule has 4 aliphatic rings. The van der Waals surface area contributed by atoms with Crippen LogP contribution in [0.15, 0.2) is 47.0 Å². The predicted molar refractivity (Wildman–Crippen MR) is 193 cm³/mol. The number of aromatic nitrogens is 4. The number of ether oxygens (including phenoxy) is 1. The second kappa shape index (κ2) is 15.4. The lowest BCUT2D eigenvalue weighted by molar-refractivity contribution is -0.113. The minimum atomic E-state index is -3.86. The Morgan fingerprint density at radius 1 is 0.750 bits per heavy atom. The standard InChI is InChI=1S/C19H21N3O3S.C13H13NO.C5H7N3O2S/c1-12-8-9-20-19(21-12)26(24,25)11-17(23)22-18-15-6-2-4-13(15)10-14-5-3-7-16(14)18;14-8-15-13-11-5-1-3-9(11)7-10-4-2-6-12(10)13;1-4-2-3-7-5(8-4)11(6,9)10/h8-10H,2-7,11H2,1H3,(H,22,23);7H,1-6H2;2-3H,1H3,(H2,6,9,10). The van der Waals surface area contributed by atoms with Gasteiger partial charge in [-0.3, -0.25) is 4.79 Å². The molecule has 0 atom stereocenters. The van der Waals surface area contributed by atoms with E-state index in [1.54, 1.807) is 26.0 Å². The molecule has 0 aliphatic heterocycles. The van der Waals surface area contributed by atoms with E-state index in [-0.39, 0.29) is 10.3 Å². The number of hydrogen-bond donors (Lipinski definition) is 2. The number of rotatable bonds is 6. The highest BCUT2D eigenvalue weighted by Gasteiger charge is 2.28. The molecule has 1 amide bonds. The van der Waals surface area contributed by atoms with Crippen LogP contribution in [0.1, 0.15) is 81.6 Å². The summed E-state index contributed by atoms with van der Waals surface area (Å²) in [5.74, 6) is -0.265. The number of hydrogen-bond acceptors (Lipinski definition) is 11. The number of sulfone groups is 1. The van der Waals surface area contributed by atoms with E-state index in [4.69, 9.17) is 15.1 Å². The van der Waals surface area contributed by atoms with Gasteiger partial charge in [-0.15, -0.1) is 5.26 Å². The number of aryl methyl sites for hydroxylation is 6. The van der Waals surface area contributed by atoms with Gasteiger partial charge in [0.1, 0.15) is 11.5 Å². The highest BCUT2D eigenvalue weighted by Crippen LogP contribution is 2.40. The molecule has 3 N–H and O–H groups in total. The molecule has 8 rings (SSSR count). The molecule has 13 nitrogen and oxygen atoms in total. The van der Waals surface area contributed by atoms with Crippen molar-refractivity contribution in [1.82, 2.24) is 19.9 Å². The van der Waals surface area contributed by atoms with Crippen molar-refractivity contribution in [2.75, 3.05) is 11.1 Å². The Morgan fingerprint density at radius 2 is 1.19 bits per heavy atom. The Hall–Kier alpha value is -4.78. The topological polar surface area (TPSA) is 208 Å². The van der Waals surface area contributed by atoms with Crippen molar-refractivity contribution in [3.05, 3.63) is 92.6 Å². The number of nitrogens with zero attached hydrogens (tertiary/aromatic N) is 5. The average Bonchev–Trinajstić information content (AvgIpc) is 3.92. The molecule has 2 heterocycles. The van der Waals surface area contributed by atoms with Gasteiger partial charge in [-0.25, -0.2) is 41.9 Å². The Labute approximate surface area is 304 Å². The molecule has 2 aromatic heterocycles. The quantitative estimate of drug-likeness (QED) is 0.212. The molecule has 0 spiro atoms. The second-order valence-electron chi connectivity index (χ2n) is 13.4. The number of anilines is 1. The maximum atomic E-state index is 12.5. The van der Waals surface area contributed by atoms with E-state index < -0.39 is 31.5 Å². The fourth-order valence-electron chi connectivity index (χ4n) is 7.45. The van der Waals surface area contributed by atoms with E-state index >= 15 is 0 Å². The first-order chi connectivity index (χ1) is 24.8. The van der Waals surface area contributed by atoms with Crippen LogP contribution in [0.25, 0.3) is 0 Å². The molecule has 0 saturated carbocycles. The fourth-order valence-corrected chi connectivity index (χ4v) is 8.98. The summed E-state index contributed by atoms with van der Waals surface area (Å²) < 4.78 is 51.4. The van der Waals surface area contributed by atoms with Gasteiger partial charge in [0.05, 0.1) is 0 Å². The molecular formula is C37H41N7O6S2. The zero-order chi connectivity index (χ0) is 37.0. The molecule has 272 valence electrons. The zero-order valence-electron chi connectivity index (χ0n) is 29.2. The van der Waals surface area contributed by atoms with Gasteiger partial charge < -0.3 is 10.1 Å². The van der Waals surface area contributed by atoms with Gasteiger partial charge >= 0.3 is 0 Å². The Kier molecular flexibility index (Phi) is 11.0. The Balaban J connectivity index is 0.000000150. The third-order valence-corrected chi connectivity index (χ3v) is 11.8. The van der Waals surface area contributed by atoms with Crippen LogP contribution < -0.4 is 15.2 Å². The van der Waals surface area contributed by atoms with E-state index in [0.717, 1.165) is 75.6 Å². The van der Waals surface area contributed by atoms with Crippen molar-refractivity contribution in [2.45, 2.75) is 101 Å². The van der Waals surface area contributed by atoms with Crippen molar-refractivity contribution in [1.29, 1.82) is 5.26 Å². The molecule has 0 unspecified atom stereocenters. The van der Waals surface area contributed by atoms with Crippen LogP contribution in [0.5, 0.6) is 5.75 Å². The van der Waals surface area contributed by atoms with Crippen molar-refractivity contribution in [3.8, 4) is 12.0 Å². The number of nitrogens with one attached hydrogen (secondary N) is 1. The number of carbonyl (C=O) groups excluding carboxylic acids is 1. The molecule has 0 saturated heterocycles. The largest absolute Gasteiger partial charge is 0.387 e. The SMILES string of the molecule is Cc1ccnc(S(=O)(=O)CC(=O)Nc2c3c(cc4c2CCC4)CCC3)n1.Cc1ccnc(S(N)(=O)=O)n1.N#COc1c2c(cc3c1CCC3)CCC2. The van der Waals surface area contributed by atoms with Crippen LogP contribution >= 0.6 is 0 Å². The number of carbonyl (C=O) groups is 1. The van der Waals surface area contributed by atoms with Gasteiger partial charge in [0.2, 0.25) is 20.9 Å². The molecule has 15 heteroatoms. The summed E-state index contributed by atoms with van der Waals surface area (Å²) in [7, 11) is -7.61. The first-order valence-corrected chi connectivity index (χ1v) is 20.6. The van der Waals surface area contributed by atoms with Crippen LogP contribution in [0.4, 0.5) is 5.69 Å². The summed E-state index contributed by atoms with van der Waals surface area (Å²) >= 11 is 0. The van der Waals surface area contributed by atoms with Gasteiger partial charge in [-0.05, 0) is 148 Å². The maximum absolute atomic E-state index is 12.5. The smallest absolute Gasteiger partial charge is 0.292 e. The van der Waals surface area contributed by atoms with E-state index in [1.807, 2.05) is 6.26 Å².